The normalized spacial score (nSPS) is 12.9. The average molecular weight is 457 g/mol. The van der Waals surface area contributed by atoms with Crippen molar-refractivity contribution >= 4 is 16.9 Å². The Kier molecular flexibility index (Phi) is 6.45. The predicted molar refractivity (Wildman–Crippen MR) is 122 cm³/mol. The summed E-state index contributed by atoms with van der Waals surface area (Å²) in [5.74, 6) is 2.61. The Morgan fingerprint density at radius 3 is 2.30 bits per heavy atom. The molecule has 0 amide bonds. The second-order valence-electron chi connectivity index (χ2n) is 7.44. The molecule has 0 fully saturated rings. The van der Waals surface area contributed by atoms with Gasteiger partial charge in [0.2, 0.25) is 11.7 Å². The van der Waals surface area contributed by atoms with Gasteiger partial charge in [0, 0.05) is 19.2 Å². The van der Waals surface area contributed by atoms with Crippen molar-refractivity contribution in [3.05, 3.63) is 39.7 Å². The van der Waals surface area contributed by atoms with Crippen LogP contribution in [0, 0.1) is 0 Å². The molecule has 1 aliphatic rings. The van der Waals surface area contributed by atoms with Crippen molar-refractivity contribution in [2.75, 3.05) is 53.1 Å². The molecule has 2 N–H and O–H groups in total. The third kappa shape index (κ3) is 4.09. The summed E-state index contributed by atoms with van der Waals surface area (Å²) in [5.41, 5.74) is 2.26. The number of aliphatic hydroxyl groups excluding tert-OH is 1. The zero-order valence-electron chi connectivity index (χ0n) is 19.1. The second-order valence-corrected chi connectivity index (χ2v) is 7.44. The number of aromatic amines is 1. The lowest BCUT2D eigenvalue weighted by molar-refractivity contribution is 0.197. The van der Waals surface area contributed by atoms with Crippen LogP contribution in [0.1, 0.15) is 11.1 Å². The number of fused-ring (bicyclic) bond motifs is 2. The Bertz CT molecular complexity index is 1230. The number of nitrogens with zero attached hydrogens (tertiary/aromatic N) is 2. The molecule has 0 bridgehead atoms. The molecule has 2 heterocycles. The van der Waals surface area contributed by atoms with Crippen LogP contribution in [0.15, 0.2) is 23.0 Å². The first-order valence-electron chi connectivity index (χ1n) is 10.5. The first-order chi connectivity index (χ1) is 16.0. The molecule has 10 heteroatoms. The van der Waals surface area contributed by atoms with Crippen LogP contribution in [0.2, 0.25) is 0 Å². The van der Waals surface area contributed by atoms with Gasteiger partial charge in [0.1, 0.15) is 12.0 Å². The number of ether oxygens (including phenoxy) is 5. The van der Waals surface area contributed by atoms with Gasteiger partial charge < -0.3 is 33.7 Å². The fraction of sp³-hybridized carbons (Fsp3) is 0.391. The summed E-state index contributed by atoms with van der Waals surface area (Å²) in [6, 6.07) is 5.59. The number of aliphatic hydroxyl groups is 1. The van der Waals surface area contributed by atoms with Gasteiger partial charge in [-0.15, -0.1) is 0 Å². The lowest BCUT2D eigenvalue weighted by Gasteiger charge is -2.30. The minimum atomic E-state index is -0.373. The maximum Gasteiger partial charge on any atom is 0.264 e. The van der Waals surface area contributed by atoms with Gasteiger partial charge in [-0.2, -0.15) is 0 Å². The summed E-state index contributed by atoms with van der Waals surface area (Å²) < 4.78 is 27.3. The van der Waals surface area contributed by atoms with E-state index in [-0.39, 0.29) is 35.7 Å². The molecule has 1 aliphatic heterocycles. The summed E-state index contributed by atoms with van der Waals surface area (Å²) in [6.07, 6.45) is 0.758. The summed E-state index contributed by atoms with van der Waals surface area (Å²) in [7, 11) is 6.17. The van der Waals surface area contributed by atoms with E-state index in [0.29, 0.717) is 41.8 Å². The number of hydrogen-bond donors (Lipinski definition) is 2. The van der Waals surface area contributed by atoms with E-state index in [2.05, 4.69) is 4.98 Å². The molecule has 33 heavy (non-hydrogen) atoms. The van der Waals surface area contributed by atoms with Crippen molar-refractivity contribution in [2.24, 2.45) is 0 Å². The molecule has 10 nitrogen and oxygen atoms in total. The fourth-order valence-corrected chi connectivity index (χ4v) is 4.06. The van der Waals surface area contributed by atoms with Crippen LogP contribution in [0.4, 0.5) is 5.95 Å². The van der Waals surface area contributed by atoms with E-state index < -0.39 is 0 Å². The first kappa shape index (κ1) is 22.5. The van der Waals surface area contributed by atoms with Crippen molar-refractivity contribution in [1.82, 2.24) is 9.97 Å². The van der Waals surface area contributed by atoms with Crippen LogP contribution in [0.3, 0.4) is 0 Å². The average Bonchev–Trinajstić information content (AvgIpc) is 2.84. The number of anilines is 1. The fourth-order valence-electron chi connectivity index (χ4n) is 4.06. The third-order valence-corrected chi connectivity index (χ3v) is 5.64. The van der Waals surface area contributed by atoms with Crippen LogP contribution in [-0.2, 0) is 13.0 Å². The number of rotatable bonds is 8. The first-order valence-corrected chi connectivity index (χ1v) is 10.5. The minimum Gasteiger partial charge on any atom is -0.493 e. The molecular formula is C23H27N3O7. The molecule has 0 saturated carbocycles. The molecule has 1 aromatic heterocycles. The van der Waals surface area contributed by atoms with E-state index in [0.717, 1.165) is 17.5 Å². The third-order valence-electron chi connectivity index (χ3n) is 5.64. The number of hydrogen-bond acceptors (Lipinski definition) is 9. The summed E-state index contributed by atoms with van der Waals surface area (Å²) in [6.45, 7) is 0.990. The smallest absolute Gasteiger partial charge is 0.264 e. The monoisotopic (exact) mass is 457 g/mol. The van der Waals surface area contributed by atoms with Gasteiger partial charge in [0.15, 0.2) is 23.0 Å². The Balaban J connectivity index is 1.78. The standard InChI is InChI=1S/C23H27N3O7/c1-29-16-9-13-5-6-26(12-14(13)10-17(16)30-2)23-24-15-11-18(31-3)20(32-4)21(33-8-7-27)19(15)22(28)25-23/h9-11,27H,5-8,12H2,1-4H3,(H,24,25,28). The van der Waals surface area contributed by atoms with Crippen LogP contribution >= 0.6 is 0 Å². The Labute approximate surface area is 190 Å². The largest absolute Gasteiger partial charge is 0.493 e. The molecule has 3 aromatic rings. The Morgan fingerprint density at radius 2 is 1.67 bits per heavy atom. The molecular weight excluding hydrogens is 430 g/mol. The predicted octanol–water partition coefficient (Wildman–Crippen LogP) is 1.89. The van der Waals surface area contributed by atoms with Crippen molar-refractivity contribution in [2.45, 2.75) is 13.0 Å². The van der Waals surface area contributed by atoms with E-state index in [1.54, 1.807) is 20.3 Å². The summed E-state index contributed by atoms with van der Waals surface area (Å²) in [4.78, 5) is 22.7. The van der Waals surface area contributed by atoms with E-state index in [4.69, 9.17) is 28.7 Å². The van der Waals surface area contributed by atoms with Crippen molar-refractivity contribution < 1.29 is 28.8 Å². The van der Waals surface area contributed by atoms with Gasteiger partial charge in [-0.3, -0.25) is 9.78 Å². The zero-order valence-corrected chi connectivity index (χ0v) is 19.1. The van der Waals surface area contributed by atoms with Crippen LogP contribution in [-0.4, -0.2) is 63.3 Å². The quantitative estimate of drug-likeness (QED) is 0.523. The highest BCUT2D eigenvalue weighted by atomic mass is 16.5. The van der Waals surface area contributed by atoms with Gasteiger partial charge in [0.25, 0.3) is 5.56 Å². The van der Waals surface area contributed by atoms with Crippen LogP contribution in [0.5, 0.6) is 28.7 Å². The number of nitrogens with one attached hydrogen (secondary N) is 1. The molecule has 2 aromatic carbocycles. The van der Waals surface area contributed by atoms with Gasteiger partial charge in [-0.05, 0) is 29.7 Å². The zero-order chi connectivity index (χ0) is 23.5. The minimum absolute atomic E-state index is 0.00593. The molecule has 4 rings (SSSR count). The number of methoxy groups -OCH3 is 4. The summed E-state index contributed by atoms with van der Waals surface area (Å²) >= 11 is 0. The number of H-pyrrole nitrogens is 1. The maximum atomic E-state index is 13.1. The van der Waals surface area contributed by atoms with E-state index in [9.17, 15) is 9.90 Å². The molecule has 0 saturated heterocycles. The van der Waals surface area contributed by atoms with Crippen LogP contribution in [0.25, 0.3) is 10.9 Å². The maximum absolute atomic E-state index is 13.1. The molecule has 0 radical (unpaired) electrons. The van der Waals surface area contributed by atoms with Gasteiger partial charge in [-0.1, -0.05) is 0 Å². The highest BCUT2D eigenvalue weighted by Gasteiger charge is 2.24. The second kappa shape index (κ2) is 9.45. The van der Waals surface area contributed by atoms with E-state index >= 15 is 0 Å². The Hall–Kier alpha value is -3.66. The van der Waals surface area contributed by atoms with Crippen LogP contribution < -0.4 is 34.1 Å². The van der Waals surface area contributed by atoms with E-state index in [1.165, 1.54) is 14.2 Å². The highest BCUT2D eigenvalue weighted by Crippen LogP contribution is 2.42. The lowest BCUT2D eigenvalue weighted by Crippen LogP contribution is -2.33. The van der Waals surface area contributed by atoms with Crippen molar-refractivity contribution in [1.29, 1.82) is 0 Å². The molecule has 0 unspecified atom stereocenters. The topological polar surface area (TPSA) is 115 Å². The number of aromatic nitrogens is 2. The number of benzene rings is 2. The highest BCUT2D eigenvalue weighted by molar-refractivity contribution is 5.90. The van der Waals surface area contributed by atoms with Crippen molar-refractivity contribution in [3.63, 3.8) is 0 Å². The lowest BCUT2D eigenvalue weighted by atomic mass is 9.99. The van der Waals surface area contributed by atoms with Crippen molar-refractivity contribution in [3.8, 4) is 28.7 Å². The SMILES string of the molecule is COc1cc2c(cc1OC)CN(c1nc3cc(OC)c(OC)c(OCCO)c3c(=O)[nH]1)CC2. The van der Waals surface area contributed by atoms with Gasteiger partial charge in [-0.25, -0.2) is 4.98 Å². The Morgan fingerprint density at radius 1 is 0.970 bits per heavy atom. The molecule has 176 valence electrons. The molecule has 0 aliphatic carbocycles. The summed E-state index contributed by atoms with van der Waals surface area (Å²) in [5, 5.41) is 9.43. The molecule has 0 spiro atoms. The molecule has 0 atom stereocenters. The van der Waals surface area contributed by atoms with E-state index in [1.807, 2.05) is 17.0 Å². The van der Waals surface area contributed by atoms with Gasteiger partial charge >= 0.3 is 0 Å². The van der Waals surface area contributed by atoms with Gasteiger partial charge in [0.05, 0.1) is 40.6 Å².